The Morgan fingerprint density at radius 1 is 1.23 bits per heavy atom. The summed E-state index contributed by atoms with van der Waals surface area (Å²) in [5, 5.41) is 19.9. The Morgan fingerprint density at radius 2 is 1.91 bits per heavy atom. The predicted molar refractivity (Wildman–Crippen MR) is 123 cm³/mol. The van der Waals surface area contributed by atoms with Crippen molar-refractivity contribution in [2.75, 3.05) is 11.1 Å². The molecule has 5 N–H and O–H groups in total. The van der Waals surface area contributed by atoms with Crippen LogP contribution < -0.4 is 16.6 Å². The summed E-state index contributed by atoms with van der Waals surface area (Å²) in [7, 11) is 0. The fourth-order valence-corrected chi connectivity index (χ4v) is 3.94. The van der Waals surface area contributed by atoms with Crippen molar-refractivity contribution < 1.29 is 23.1 Å². The molecule has 15 heteroatoms. The summed E-state index contributed by atoms with van der Waals surface area (Å²) >= 11 is 9.44. The average Bonchev–Trinajstić information content (AvgIpc) is 3.33. The number of benzene rings is 1. The van der Waals surface area contributed by atoms with E-state index in [0.29, 0.717) is 15.3 Å². The van der Waals surface area contributed by atoms with Crippen molar-refractivity contribution in [3.8, 4) is 22.7 Å². The van der Waals surface area contributed by atoms with Crippen molar-refractivity contribution in [3.63, 3.8) is 0 Å². The fourth-order valence-electron chi connectivity index (χ4n) is 3.15. The van der Waals surface area contributed by atoms with Gasteiger partial charge in [-0.2, -0.15) is 23.4 Å². The molecule has 0 fully saturated rings. The van der Waals surface area contributed by atoms with Crippen LogP contribution in [-0.2, 0) is 6.18 Å². The molecule has 1 amide bonds. The van der Waals surface area contributed by atoms with E-state index in [1.165, 1.54) is 24.7 Å². The van der Waals surface area contributed by atoms with Crippen molar-refractivity contribution >= 4 is 44.8 Å². The molecule has 0 aliphatic heterocycles. The van der Waals surface area contributed by atoms with E-state index in [1.807, 2.05) is 0 Å². The first-order valence-electron chi connectivity index (χ1n) is 9.42. The summed E-state index contributed by atoms with van der Waals surface area (Å²) in [6.07, 6.45) is -0.145. The Hall–Kier alpha value is -3.91. The minimum atomic E-state index is -4.82. The van der Waals surface area contributed by atoms with Gasteiger partial charge in [0.25, 0.3) is 11.5 Å². The quantitative estimate of drug-likeness (QED) is 0.289. The summed E-state index contributed by atoms with van der Waals surface area (Å²) in [6.45, 7) is 0. The van der Waals surface area contributed by atoms with Gasteiger partial charge in [0.1, 0.15) is 17.0 Å². The maximum absolute atomic E-state index is 13.6. The Bertz CT molecular complexity index is 1510. The molecule has 35 heavy (non-hydrogen) atoms. The lowest BCUT2D eigenvalue weighted by Gasteiger charge is -2.15. The highest BCUT2D eigenvalue weighted by Gasteiger charge is 2.36. The number of hydrogen-bond donors (Lipinski definition) is 4. The zero-order chi connectivity index (χ0) is 25.5. The van der Waals surface area contributed by atoms with Crippen molar-refractivity contribution in [1.82, 2.24) is 25.0 Å². The molecule has 0 spiro atoms. The van der Waals surface area contributed by atoms with Gasteiger partial charge in [0.2, 0.25) is 0 Å². The molecule has 0 aliphatic rings. The molecule has 3 aromatic heterocycles. The number of phenolic OH excluding ortho intramolecular Hbond substituents is 1. The van der Waals surface area contributed by atoms with Crippen molar-refractivity contribution in [2.24, 2.45) is 0 Å². The lowest BCUT2D eigenvalue weighted by Crippen LogP contribution is -2.17. The number of phenols is 1. The molecule has 0 saturated heterocycles. The normalized spacial score (nSPS) is 11.5. The smallest absolute Gasteiger partial charge is 0.420 e. The monoisotopic (exact) mass is 569 g/mol. The van der Waals surface area contributed by atoms with Crippen molar-refractivity contribution in [3.05, 3.63) is 74.0 Å². The van der Waals surface area contributed by atoms with Gasteiger partial charge in [-0.05, 0) is 34.1 Å². The summed E-state index contributed by atoms with van der Waals surface area (Å²) in [5.41, 5.74) is 3.46. The van der Waals surface area contributed by atoms with Crippen molar-refractivity contribution in [1.29, 1.82) is 0 Å². The number of aromatic amines is 1. The fraction of sp³-hybridized carbons (Fsp3) is 0.0500. The van der Waals surface area contributed by atoms with Gasteiger partial charge in [-0.1, -0.05) is 11.6 Å². The van der Waals surface area contributed by atoms with E-state index >= 15 is 0 Å². The number of nitrogens with one attached hydrogen (secondary N) is 2. The summed E-state index contributed by atoms with van der Waals surface area (Å²) in [4.78, 5) is 31.4. The number of carbonyl (C=O) groups is 1. The highest BCUT2D eigenvalue weighted by Crippen LogP contribution is 2.40. The number of halogens is 5. The highest BCUT2D eigenvalue weighted by molar-refractivity contribution is 9.10. The summed E-state index contributed by atoms with van der Waals surface area (Å²) < 4.78 is 41.1. The second-order valence-electron chi connectivity index (χ2n) is 6.97. The second kappa shape index (κ2) is 9.03. The van der Waals surface area contributed by atoms with E-state index in [4.69, 9.17) is 17.3 Å². The van der Waals surface area contributed by atoms with Gasteiger partial charge >= 0.3 is 6.18 Å². The van der Waals surface area contributed by atoms with Crippen LogP contribution in [0.25, 0.3) is 16.9 Å². The number of rotatable bonds is 4. The maximum atomic E-state index is 13.6. The SMILES string of the molecule is Nc1c(-c2cc(Cl)c(C(=O)Nc3cnc(-n4nccn4)c(C(F)(F)F)c3)cc2O)c(Br)c[nH]c1=O. The number of carbonyl (C=O) groups excluding carboxylic acids is 1. The molecule has 4 rings (SSSR count). The van der Waals surface area contributed by atoms with Crippen LogP contribution in [0.4, 0.5) is 24.5 Å². The number of nitrogens with zero attached hydrogens (tertiary/aromatic N) is 4. The number of amides is 1. The van der Waals surface area contributed by atoms with E-state index in [2.05, 4.69) is 41.4 Å². The van der Waals surface area contributed by atoms with Gasteiger partial charge in [0, 0.05) is 21.8 Å². The zero-order valence-corrected chi connectivity index (χ0v) is 19.4. The highest BCUT2D eigenvalue weighted by atomic mass is 79.9. The number of alkyl halides is 3. The molecular weight excluding hydrogens is 559 g/mol. The van der Waals surface area contributed by atoms with Gasteiger partial charge in [-0.15, -0.1) is 4.80 Å². The number of aromatic nitrogens is 5. The van der Waals surface area contributed by atoms with Gasteiger partial charge in [-0.25, -0.2) is 4.98 Å². The summed E-state index contributed by atoms with van der Waals surface area (Å²) in [5.74, 6) is -1.96. The number of anilines is 2. The number of pyridine rings is 2. The van der Waals surface area contributed by atoms with Crippen LogP contribution in [0.2, 0.25) is 5.02 Å². The van der Waals surface area contributed by atoms with E-state index in [0.717, 1.165) is 12.3 Å². The third-order valence-corrected chi connectivity index (χ3v) is 5.66. The van der Waals surface area contributed by atoms with Crippen LogP contribution in [0, 0.1) is 0 Å². The van der Waals surface area contributed by atoms with E-state index in [1.54, 1.807) is 0 Å². The van der Waals surface area contributed by atoms with Crippen LogP contribution in [0.15, 0.2) is 52.3 Å². The van der Waals surface area contributed by atoms with Crippen LogP contribution in [0.1, 0.15) is 15.9 Å². The molecule has 180 valence electrons. The number of aromatic hydroxyl groups is 1. The molecule has 0 aliphatic carbocycles. The lowest BCUT2D eigenvalue weighted by molar-refractivity contribution is -0.137. The van der Waals surface area contributed by atoms with Crippen LogP contribution in [0.5, 0.6) is 5.75 Å². The van der Waals surface area contributed by atoms with Gasteiger partial charge in [-0.3, -0.25) is 9.59 Å². The van der Waals surface area contributed by atoms with Crippen LogP contribution in [-0.4, -0.2) is 36.0 Å². The van der Waals surface area contributed by atoms with E-state index < -0.39 is 34.8 Å². The Morgan fingerprint density at radius 3 is 2.57 bits per heavy atom. The van der Waals surface area contributed by atoms with Gasteiger partial charge < -0.3 is 21.1 Å². The largest absolute Gasteiger partial charge is 0.507 e. The van der Waals surface area contributed by atoms with Crippen LogP contribution in [0.3, 0.4) is 0 Å². The van der Waals surface area contributed by atoms with E-state index in [9.17, 15) is 27.9 Å². The number of H-pyrrole nitrogens is 1. The minimum absolute atomic E-state index is 0.0547. The molecule has 0 atom stereocenters. The predicted octanol–water partition coefficient (Wildman–Crippen LogP) is 3.99. The first kappa shape index (κ1) is 24.2. The van der Waals surface area contributed by atoms with Gasteiger partial charge in [0.15, 0.2) is 5.82 Å². The third kappa shape index (κ3) is 4.70. The molecule has 0 radical (unpaired) electrons. The molecule has 0 saturated carbocycles. The molecule has 1 aromatic carbocycles. The Labute approximate surface area is 206 Å². The second-order valence-corrected chi connectivity index (χ2v) is 8.23. The van der Waals surface area contributed by atoms with Crippen LogP contribution >= 0.6 is 27.5 Å². The molecule has 4 aromatic rings. The maximum Gasteiger partial charge on any atom is 0.420 e. The Balaban J connectivity index is 1.69. The standard InChI is InChI=1S/C20H12BrClF3N7O3/c21-12-7-28-19(35)16(26)15(12)10-4-13(22)9(5-14(10)33)18(34)31-8-3-11(20(23,24)25)17(27-6-8)32-29-1-2-30-32/h1-7,33H,26H2,(H,28,35)(H,31,34). The van der Waals surface area contributed by atoms with Gasteiger partial charge in [0.05, 0.1) is 34.9 Å². The number of nitrogen functional groups attached to an aromatic ring is 1. The lowest BCUT2D eigenvalue weighted by atomic mass is 10.0. The average molecular weight is 571 g/mol. The first-order chi connectivity index (χ1) is 16.5. The van der Waals surface area contributed by atoms with E-state index in [-0.39, 0.29) is 33.1 Å². The number of nitrogens with two attached hydrogens (primary N) is 1. The molecular formula is C20H12BrClF3N7O3. The molecule has 3 heterocycles. The minimum Gasteiger partial charge on any atom is -0.507 e. The molecule has 10 nitrogen and oxygen atoms in total. The summed E-state index contributed by atoms with van der Waals surface area (Å²) in [6, 6.07) is 2.87. The third-order valence-electron chi connectivity index (χ3n) is 4.72. The Kier molecular flexibility index (Phi) is 6.25. The molecule has 0 bridgehead atoms. The van der Waals surface area contributed by atoms with Crippen molar-refractivity contribution in [2.45, 2.75) is 6.18 Å². The topological polar surface area (TPSA) is 152 Å². The number of hydrogen-bond acceptors (Lipinski definition) is 7. The molecule has 0 unspecified atom stereocenters. The zero-order valence-electron chi connectivity index (χ0n) is 17.1. The first-order valence-corrected chi connectivity index (χ1v) is 10.6.